The Kier molecular flexibility index (Phi) is 4.44. The van der Waals surface area contributed by atoms with Crippen molar-refractivity contribution in [3.8, 4) is 0 Å². The van der Waals surface area contributed by atoms with Crippen LogP contribution >= 0.6 is 0 Å². The first-order valence-electron chi connectivity index (χ1n) is 5.35. The molecule has 0 saturated heterocycles. The first-order valence-corrected chi connectivity index (χ1v) is 5.35. The van der Waals surface area contributed by atoms with E-state index in [0.717, 1.165) is 16.7 Å². The van der Waals surface area contributed by atoms with Gasteiger partial charge in [-0.3, -0.25) is 0 Å². The van der Waals surface area contributed by atoms with Crippen LogP contribution in [0.3, 0.4) is 0 Å². The number of aryl methyl sites for hydroxylation is 1. The van der Waals surface area contributed by atoms with E-state index in [2.05, 4.69) is 6.07 Å². The van der Waals surface area contributed by atoms with Crippen molar-refractivity contribution in [3.63, 3.8) is 0 Å². The van der Waals surface area contributed by atoms with Crippen LogP contribution in [-0.2, 0) is 6.54 Å². The summed E-state index contributed by atoms with van der Waals surface area (Å²) in [5, 5.41) is 0. The maximum absolute atomic E-state index is 12.6. The topological polar surface area (TPSA) is 26.0 Å². The summed E-state index contributed by atoms with van der Waals surface area (Å²) in [4.78, 5) is 0. The largest absolute Gasteiger partial charge is 0.326 e. The number of halogens is 1. The van der Waals surface area contributed by atoms with Crippen LogP contribution in [-0.4, -0.2) is 0 Å². The highest BCUT2D eigenvalue weighted by Gasteiger charge is 2.00. The fraction of sp³-hybridized carbons (Fsp3) is 0.286. The number of hydrogen-bond acceptors (Lipinski definition) is 1. The third kappa shape index (κ3) is 3.31. The molecule has 0 heterocycles. The molecule has 0 unspecified atom stereocenters. The lowest BCUT2D eigenvalue weighted by atomic mass is 9.99. The smallest absolute Gasteiger partial charge is 0.0968 e. The lowest BCUT2D eigenvalue weighted by Crippen LogP contribution is -1.97. The second kappa shape index (κ2) is 5.61. The summed E-state index contributed by atoms with van der Waals surface area (Å²) < 4.78 is 12.6. The Morgan fingerprint density at radius 1 is 1.31 bits per heavy atom. The minimum atomic E-state index is -0.185. The van der Waals surface area contributed by atoms with E-state index in [1.165, 1.54) is 18.6 Å². The Bertz CT molecular complexity index is 426. The van der Waals surface area contributed by atoms with E-state index in [0.29, 0.717) is 6.54 Å². The van der Waals surface area contributed by atoms with Crippen molar-refractivity contribution in [1.29, 1.82) is 0 Å². The van der Waals surface area contributed by atoms with Crippen LogP contribution < -0.4 is 5.73 Å². The molecular formula is C14H18FN. The van der Waals surface area contributed by atoms with E-state index in [1.54, 1.807) is 6.08 Å². The molecule has 0 aliphatic heterocycles. The maximum atomic E-state index is 12.6. The quantitative estimate of drug-likeness (QED) is 0.770. The summed E-state index contributed by atoms with van der Waals surface area (Å²) in [6, 6.07) is 6.11. The van der Waals surface area contributed by atoms with Crippen LogP contribution in [0.2, 0.25) is 0 Å². The second-order valence-corrected chi connectivity index (χ2v) is 3.96. The number of allylic oxidation sites excluding steroid dienone is 4. The molecule has 0 amide bonds. The molecule has 16 heavy (non-hydrogen) atoms. The van der Waals surface area contributed by atoms with E-state index in [9.17, 15) is 4.39 Å². The summed E-state index contributed by atoms with van der Waals surface area (Å²) in [6.45, 7) is 6.00. The van der Waals surface area contributed by atoms with Crippen molar-refractivity contribution in [2.75, 3.05) is 0 Å². The van der Waals surface area contributed by atoms with Gasteiger partial charge in [-0.15, -0.1) is 0 Å². The van der Waals surface area contributed by atoms with Gasteiger partial charge in [0.2, 0.25) is 0 Å². The lowest BCUT2D eigenvalue weighted by molar-refractivity contribution is 0.641. The van der Waals surface area contributed by atoms with Gasteiger partial charge in [-0.25, -0.2) is 4.39 Å². The average Bonchev–Trinajstić information content (AvgIpc) is 2.25. The van der Waals surface area contributed by atoms with Crippen LogP contribution in [0.15, 0.2) is 36.2 Å². The fourth-order valence-electron chi connectivity index (χ4n) is 1.62. The molecule has 1 rings (SSSR count). The third-order valence-corrected chi connectivity index (χ3v) is 2.51. The minimum absolute atomic E-state index is 0.185. The molecule has 2 heteroatoms. The Morgan fingerprint density at radius 2 is 2.00 bits per heavy atom. The predicted octanol–water partition coefficient (Wildman–Crippen LogP) is 3.73. The minimum Gasteiger partial charge on any atom is -0.326 e. The van der Waals surface area contributed by atoms with Crippen LogP contribution in [0.25, 0.3) is 5.57 Å². The number of rotatable bonds is 3. The van der Waals surface area contributed by atoms with E-state index >= 15 is 0 Å². The van der Waals surface area contributed by atoms with Crippen molar-refractivity contribution in [2.45, 2.75) is 27.3 Å². The van der Waals surface area contributed by atoms with E-state index in [-0.39, 0.29) is 5.83 Å². The first kappa shape index (κ1) is 12.7. The number of benzene rings is 1. The van der Waals surface area contributed by atoms with Crippen molar-refractivity contribution in [2.24, 2.45) is 5.73 Å². The zero-order chi connectivity index (χ0) is 12.1. The molecular weight excluding hydrogens is 201 g/mol. The van der Waals surface area contributed by atoms with Crippen molar-refractivity contribution >= 4 is 5.57 Å². The Hall–Kier alpha value is -1.41. The van der Waals surface area contributed by atoms with Gasteiger partial charge >= 0.3 is 0 Å². The van der Waals surface area contributed by atoms with E-state index < -0.39 is 0 Å². The van der Waals surface area contributed by atoms with Gasteiger partial charge < -0.3 is 5.73 Å². The second-order valence-electron chi connectivity index (χ2n) is 3.96. The zero-order valence-corrected chi connectivity index (χ0v) is 10.0. The van der Waals surface area contributed by atoms with Gasteiger partial charge in [-0.05, 0) is 49.1 Å². The number of nitrogens with two attached hydrogens (primary N) is 1. The monoisotopic (exact) mass is 219 g/mol. The van der Waals surface area contributed by atoms with Crippen molar-refractivity contribution < 1.29 is 4.39 Å². The molecule has 0 spiro atoms. The highest BCUT2D eigenvalue weighted by molar-refractivity contribution is 5.68. The molecule has 0 aliphatic carbocycles. The summed E-state index contributed by atoms with van der Waals surface area (Å²) in [7, 11) is 0. The summed E-state index contributed by atoms with van der Waals surface area (Å²) in [6.07, 6.45) is 3.27. The molecule has 0 aliphatic rings. The van der Waals surface area contributed by atoms with Crippen molar-refractivity contribution in [1.82, 2.24) is 0 Å². The fourth-order valence-corrected chi connectivity index (χ4v) is 1.62. The SMILES string of the molecule is CC(F)=CC=C(C)c1ccc(CN)cc1C. The lowest BCUT2D eigenvalue weighted by Gasteiger charge is -2.07. The molecule has 0 bridgehead atoms. The van der Waals surface area contributed by atoms with E-state index in [4.69, 9.17) is 5.73 Å². The zero-order valence-electron chi connectivity index (χ0n) is 10.0. The Balaban J connectivity index is 3.05. The molecule has 0 saturated carbocycles. The van der Waals surface area contributed by atoms with Gasteiger partial charge in [0.05, 0.1) is 5.83 Å². The molecule has 1 aromatic carbocycles. The van der Waals surface area contributed by atoms with E-state index in [1.807, 2.05) is 26.0 Å². The molecule has 0 atom stereocenters. The van der Waals surface area contributed by atoms with Crippen LogP contribution in [0, 0.1) is 6.92 Å². The highest BCUT2D eigenvalue weighted by atomic mass is 19.1. The Morgan fingerprint density at radius 3 is 2.50 bits per heavy atom. The normalized spacial score (nSPS) is 13.1. The molecule has 0 radical (unpaired) electrons. The average molecular weight is 219 g/mol. The van der Waals surface area contributed by atoms with Crippen LogP contribution in [0.5, 0.6) is 0 Å². The highest BCUT2D eigenvalue weighted by Crippen LogP contribution is 2.20. The van der Waals surface area contributed by atoms with Gasteiger partial charge in [0, 0.05) is 6.54 Å². The molecule has 0 aromatic heterocycles. The maximum Gasteiger partial charge on any atom is 0.0968 e. The molecule has 2 N–H and O–H groups in total. The van der Waals surface area contributed by atoms with Gasteiger partial charge in [0.1, 0.15) is 0 Å². The summed E-state index contributed by atoms with van der Waals surface area (Å²) in [5.41, 5.74) is 10.0. The molecule has 0 fully saturated rings. The summed E-state index contributed by atoms with van der Waals surface area (Å²) >= 11 is 0. The first-order chi connectivity index (χ1) is 7.54. The van der Waals surface area contributed by atoms with Gasteiger partial charge in [-0.1, -0.05) is 24.3 Å². The van der Waals surface area contributed by atoms with Gasteiger partial charge in [0.25, 0.3) is 0 Å². The standard InChI is InChI=1S/C14H18FN/c1-10(4-5-12(3)15)14-7-6-13(9-16)8-11(14)2/h4-8H,9,16H2,1-3H3. The van der Waals surface area contributed by atoms with Gasteiger partial charge in [-0.2, -0.15) is 0 Å². The number of hydrogen-bond donors (Lipinski definition) is 1. The van der Waals surface area contributed by atoms with Crippen molar-refractivity contribution in [3.05, 3.63) is 52.9 Å². The third-order valence-electron chi connectivity index (χ3n) is 2.51. The molecule has 1 nitrogen and oxygen atoms in total. The molecule has 1 aromatic rings. The van der Waals surface area contributed by atoms with Crippen LogP contribution in [0.4, 0.5) is 4.39 Å². The Labute approximate surface area is 96.5 Å². The van der Waals surface area contributed by atoms with Crippen LogP contribution in [0.1, 0.15) is 30.5 Å². The molecule has 86 valence electrons. The van der Waals surface area contributed by atoms with Gasteiger partial charge in [0.15, 0.2) is 0 Å². The predicted molar refractivity (Wildman–Crippen MR) is 67.6 cm³/mol. The summed E-state index contributed by atoms with van der Waals surface area (Å²) in [5.74, 6) is -0.185.